The van der Waals surface area contributed by atoms with Crippen LogP contribution in [0.4, 0.5) is 0 Å². The van der Waals surface area contributed by atoms with Crippen molar-refractivity contribution in [3.05, 3.63) is 34.4 Å². The summed E-state index contributed by atoms with van der Waals surface area (Å²) in [5, 5.41) is 9.95. The number of carbonyl (C=O) groups is 1. The van der Waals surface area contributed by atoms with Crippen molar-refractivity contribution in [1.82, 2.24) is 4.90 Å². The third kappa shape index (κ3) is 2.39. The highest BCUT2D eigenvalue weighted by Gasteiger charge is 2.42. The first-order valence-corrected chi connectivity index (χ1v) is 5.64. The average molecular weight is 237 g/mol. The van der Waals surface area contributed by atoms with Crippen molar-refractivity contribution in [2.75, 3.05) is 13.1 Å². The molecule has 5 heteroatoms. The molecule has 0 unspecified atom stereocenters. The van der Waals surface area contributed by atoms with Gasteiger partial charge in [0.15, 0.2) is 0 Å². The number of β-amino-alcohol motifs (C(OH)–C–C–N with tert-alkyl or cyclic N) is 1. The Bertz CT molecular complexity index is 453. The maximum Gasteiger partial charge on any atom is 0.335 e. The van der Waals surface area contributed by atoms with Crippen molar-refractivity contribution in [1.29, 1.82) is 0 Å². The number of nitrogens with zero attached hydrogens (tertiary/aromatic N) is 1. The lowest BCUT2D eigenvalue weighted by molar-refractivity contribution is -0.0860. The molecule has 1 aromatic heterocycles. The zero-order valence-corrected chi connectivity index (χ0v) is 9.68. The normalized spacial score (nSPS) is 17.6. The fourth-order valence-electron chi connectivity index (χ4n) is 2.09. The van der Waals surface area contributed by atoms with Crippen molar-refractivity contribution in [3.63, 3.8) is 0 Å². The summed E-state index contributed by atoms with van der Waals surface area (Å²) in [5.74, 6) is -0.213. The van der Waals surface area contributed by atoms with Crippen LogP contribution in [0.5, 0.6) is 0 Å². The smallest absolute Gasteiger partial charge is 0.335 e. The van der Waals surface area contributed by atoms with Gasteiger partial charge < -0.3 is 14.4 Å². The number of carbonyl (C=O) groups excluding carboxylic acids is 1. The van der Waals surface area contributed by atoms with Gasteiger partial charge >= 0.3 is 5.63 Å². The van der Waals surface area contributed by atoms with E-state index in [9.17, 15) is 14.7 Å². The molecule has 5 nitrogen and oxygen atoms in total. The van der Waals surface area contributed by atoms with Gasteiger partial charge in [-0.3, -0.25) is 4.79 Å². The van der Waals surface area contributed by atoms with Crippen LogP contribution < -0.4 is 5.63 Å². The lowest BCUT2D eigenvalue weighted by Gasteiger charge is -2.46. The fraction of sp³-hybridized carbons (Fsp3) is 0.500. The summed E-state index contributed by atoms with van der Waals surface area (Å²) in [6.07, 6.45) is 2.74. The molecule has 2 heterocycles. The quantitative estimate of drug-likeness (QED) is 0.836. The molecule has 1 saturated heterocycles. The van der Waals surface area contributed by atoms with Crippen LogP contribution >= 0.6 is 0 Å². The van der Waals surface area contributed by atoms with Crippen molar-refractivity contribution in [2.45, 2.75) is 25.4 Å². The summed E-state index contributed by atoms with van der Waals surface area (Å²) in [4.78, 5) is 24.2. The van der Waals surface area contributed by atoms with Crippen LogP contribution in [0.15, 0.2) is 27.6 Å². The van der Waals surface area contributed by atoms with E-state index in [-0.39, 0.29) is 5.91 Å². The molecular formula is C12H15NO4. The van der Waals surface area contributed by atoms with Crippen LogP contribution in [-0.4, -0.2) is 34.6 Å². The van der Waals surface area contributed by atoms with E-state index in [2.05, 4.69) is 4.42 Å². The molecule has 0 aliphatic carbocycles. The van der Waals surface area contributed by atoms with E-state index >= 15 is 0 Å². The lowest BCUT2D eigenvalue weighted by Crippen LogP contribution is -2.63. The van der Waals surface area contributed by atoms with Crippen molar-refractivity contribution in [2.24, 2.45) is 0 Å². The predicted octanol–water partition coefficient (Wildman–Crippen LogP) is 0.627. The number of aliphatic hydroxyl groups is 1. The van der Waals surface area contributed by atoms with Gasteiger partial charge in [-0.1, -0.05) is 13.3 Å². The molecule has 0 saturated carbocycles. The molecule has 1 aliphatic rings. The molecule has 2 rings (SSSR count). The Kier molecular flexibility index (Phi) is 3.02. The highest BCUT2D eigenvalue weighted by molar-refractivity contribution is 5.94. The first-order valence-electron chi connectivity index (χ1n) is 5.64. The summed E-state index contributed by atoms with van der Waals surface area (Å²) < 4.78 is 4.63. The number of likely N-dealkylation sites (tertiary alicyclic amines) is 1. The molecule has 1 N–H and O–H groups in total. The Hall–Kier alpha value is -1.62. The van der Waals surface area contributed by atoms with Crippen LogP contribution in [0.2, 0.25) is 0 Å². The van der Waals surface area contributed by atoms with E-state index in [0.717, 1.165) is 12.7 Å². The molecule has 17 heavy (non-hydrogen) atoms. The number of hydrogen-bond donors (Lipinski definition) is 1. The highest BCUT2D eigenvalue weighted by atomic mass is 16.4. The first kappa shape index (κ1) is 11.9. The Morgan fingerprint density at radius 1 is 1.53 bits per heavy atom. The molecule has 1 fully saturated rings. The Morgan fingerprint density at radius 2 is 2.24 bits per heavy atom. The van der Waals surface area contributed by atoms with E-state index in [1.54, 1.807) is 4.90 Å². The second kappa shape index (κ2) is 4.33. The summed E-state index contributed by atoms with van der Waals surface area (Å²) in [6.45, 7) is 2.69. The van der Waals surface area contributed by atoms with E-state index < -0.39 is 11.2 Å². The third-order valence-corrected chi connectivity index (χ3v) is 2.92. The largest absolute Gasteiger partial charge is 0.430 e. The second-order valence-corrected chi connectivity index (χ2v) is 4.48. The van der Waals surface area contributed by atoms with E-state index in [1.807, 2.05) is 6.92 Å². The van der Waals surface area contributed by atoms with Crippen LogP contribution in [0.1, 0.15) is 30.1 Å². The Labute approximate surface area is 98.7 Å². The predicted molar refractivity (Wildman–Crippen MR) is 60.7 cm³/mol. The third-order valence-electron chi connectivity index (χ3n) is 2.92. The molecule has 92 valence electrons. The van der Waals surface area contributed by atoms with E-state index in [0.29, 0.717) is 25.1 Å². The van der Waals surface area contributed by atoms with Gasteiger partial charge in [0.2, 0.25) is 0 Å². The topological polar surface area (TPSA) is 70.8 Å². The molecule has 0 atom stereocenters. The molecule has 0 bridgehead atoms. The van der Waals surface area contributed by atoms with Gasteiger partial charge in [0.1, 0.15) is 6.26 Å². The van der Waals surface area contributed by atoms with Crippen LogP contribution in [-0.2, 0) is 0 Å². The van der Waals surface area contributed by atoms with Crippen LogP contribution in [0.25, 0.3) is 0 Å². The van der Waals surface area contributed by atoms with Crippen molar-refractivity contribution >= 4 is 5.91 Å². The standard InChI is InChI=1S/C12H15NO4/c1-2-5-12(16)7-13(8-12)11(15)9-3-4-10(14)17-6-9/h3-4,6,16H,2,5,7-8H2,1H3. The van der Waals surface area contributed by atoms with E-state index in [1.165, 1.54) is 12.1 Å². The monoisotopic (exact) mass is 237 g/mol. The molecular weight excluding hydrogens is 222 g/mol. The summed E-state index contributed by atoms with van der Waals surface area (Å²) >= 11 is 0. The Morgan fingerprint density at radius 3 is 2.76 bits per heavy atom. The molecule has 1 amide bonds. The number of hydrogen-bond acceptors (Lipinski definition) is 4. The molecule has 1 aromatic rings. The first-order chi connectivity index (χ1) is 8.04. The second-order valence-electron chi connectivity index (χ2n) is 4.48. The minimum Gasteiger partial charge on any atom is -0.430 e. The minimum absolute atomic E-state index is 0.213. The van der Waals surface area contributed by atoms with Crippen molar-refractivity contribution < 1.29 is 14.3 Å². The minimum atomic E-state index is -0.736. The van der Waals surface area contributed by atoms with E-state index in [4.69, 9.17) is 0 Å². The molecule has 0 radical (unpaired) electrons. The average Bonchev–Trinajstić information content (AvgIpc) is 2.26. The maximum absolute atomic E-state index is 11.9. The van der Waals surface area contributed by atoms with Gasteiger partial charge in [-0.2, -0.15) is 0 Å². The van der Waals surface area contributed by atoms with Gasteiger partial charge in [0.25, 0.3) is 5.91 Å². The van der Waals surface area contributed by atoms with Crippen molar-refractivity contribution in [3.8, 4) is 0 Å². The molecule has 0 spiro atoms. The highest BCUT2D eigenvalue weighted by Crippen LogP contribution is 2.26. The summed E-state index contributed by atoms with van der Waals surface area (Å²) in [7, 11) is 0. The maximum atomic E-state index is 11.9. The zero-order chi connectivity index (χ0) is 12.5. The van der Waals surface area contributed by atoms with Gasteiger partial charge in [-0.15, -0.1) is 0 Å². The molecule has 0 aromatic carbocycles. The molecule has 1 aliphatic heterocycles. The summed E-state index contributed by atoms with van der Waals surface area (Å²) in [6, 6.07) is 2.65. The fourth-order valence-corrected chi connectivity index (χ4v) is 2.09. The number of rotatable bonds is 3. The van der Waals surface area contributed by atoms with Crippen LogP contribution in [0.3, 0.4) is 0 Å². The zero-order valence-electron chi connectivity index (χ0n) is 9.68. The van der Waals surface area contributed by atoms with Gasteiger partial charge in [-0.05, 0) is 12.5 Å². The SMILES string of the molecule is CCCC1(O)CN(C(=O)c2ccc(=O)oc2)C1. The number of amides is 1. The van der Waals surface area contributed by atoms with Crippen LogP contribution in [0, 0.1) is 0 Å². The van der Waals surface area contributed by atoms with Gasteiger partial charge in [0, 0.05) is 6.07 Å². The van der Waals surface area contributed by atoms with Gasteiger partial charge in [0.05, 0.1) is 24.3 Å². The lowest BCUT2D eigenvalue weighted by atomic mass is 9.89. The Balaban J connectivity index is 2.00. The summed E-state index contributed by atoms with van der Waals surface area (Å²) in [5.41, 5.74) is -0.879. The van der Waals surface area contributed by atoms with Gasteiger partial charge in [-0.25, -0.2) is 4.79 Å².